The zero-order valence-electron chi connectivity index (χ0n) is 16.7. The third-order valence-electron chi connectivity index (χ3n) is 4.58. The van der Waals surface area contributed by atoms with Gasteiger partial charge in [-0.3, -0.25) is 4.79 Å². The SMILES string of the molecule is CCn1c(SCC(=O)Nc2cc3c(cc2Cl)OCCCO3)nnc1-c1ccc(Cl)cc1. The lowest BCUT2D eigenvalue weighted by Crippen LogP contribution is -2.15. The Bertz CT molecular complexity index is 1090. The molecule has 2 heterocycles. The minimum absolute atomic E-state index is 0.156. The van der Waals surface area contributed by atoms with Gasteiger partial charge in [0, 0.05) is 35.7 Å². The van der Waals surface area contributed by atoms with Crippen LogP contribution in [0.1, 0.15) is 13.3 Å². The Kier molecular flexibility index (Phi) is 6.89. The summed E-state index contributed by atoms with van der Waals surface area (Å²) in [5.74, 6) is 1.83. The van der Waals surface area contributed by atoms with Gasteiger partial charge < -0.3 is 19.4 Å². The van der Waals surface area contributed by atoms with Crippen LogP contribution in [0.25, 0.3) is 11.4 Å². The fourth-order valence-corrected chi connectivity index (χ4v) is 4.22. The number of hydrogen-bond donors (Lipinski definition) is 1. The van der Waals surface area contributed by atoms with Gasteiger partial charge in [-0.1, -0.05) is 35.0 Å². The predicted molar refractivity (Wildman–Crippen MR) is 123 cm³/mol. The van der Waals surface area contributed by atoms with E-state index in [1.54, 1.807) is 12.1 Å². The molecule has 1 aliphatic rings. The molecule has 1 aliphatic heterocycles. The molecule has 4 rings (SSSR count). The molecule has 0 atom stereocenters. The Morgan fingerprint density at radius 2 is 1.84 bits per heavy atom. The van der Waals surface area contributed by atoms with Gasteiger partial charge in [0.1, 0.15) is 0 Å². The summed E-state index contributed by atoms with van der Waals surface area (Å²) in [6.07, 6.45) is 0.792. The lowest BCUT2D eigenvalue weighted by molar-refractivity contribution is -0.113. The molecule has 0 spiro atoms. The molecule has 0 saturated carbocycles. The van der Waals surface area contributed by atoms with Crippen molar-refractivity contribution in [3.05, 3.63) is 46.4 Å². The number of carbonyl (C=O) groups excluding carboxylic acids is 1. The molecule has 3 aromatic rings. The highest BCUT2D eigenvalue weighted by Gasteiger charge is 2.18. The van der Waals surface area contributed by atoms with Crippen molar-refractivity contribution in [3.63, 3.8) is 0 Å². The summed E-state index contributed by atoms with van der Waals surface area (Å²) in [6.45, 7) is 3.80. The maximum absolute atomic E-state index is 12.6. The molecule has 31 heavy (non-hydrogen) atoms. The third-order valence-corrected chi connectivity index (χ3v) is 6.11. The first-order valence-electron chi connectivity index (χ1n) is 9.76. The van der Waals surface area contributed by atoms with E-state index in [9.17, 15) is 4.79 Å². The summed E-state index contributed by atoms with van der Waals surface area (Å²) < 4.78 is 13.2. The molecule has 162 valence electrons. The van der Waals surface area contributed by atoms with Crippen molar-refractivity contribution < 1.29 is 14.3 Å². The molecule has 1 aromatic heterocycles. The number of ether oxygens (including phenoxy) is 2. The van der Waals surface area contributed by atoms with Crippen molar-refractivity contribution in [1.29, 1.82) is 0 Å². The van der Waals surface area contributed by atoms with Crippen LogP contribution >= 0.6 is 35.0 Å². The predicted octanol–water partition coefficient (Wildman–Crippen LogP) is 5.16. The number of thioether (sulfide) groups is 1. The standard InChI is InChI=1S/C21H20Cl2N4O3S/c1-2-27-20(13-4-6-14(22)7-5-13)25-26-21(27)31-12-19(28)24-16-11-18-17(10-15(16)23)29-8-3-9-30-18/h4-7,10-11H,2-3,8-9,12H2,1H3,(H,24,28). The maximum Gasteiger partial charge on any atom is 0.234 e. The summed E-state index contributed by atoms with van der Waals surface area (Å²) in [5, 5.41) is 13.1. The van der Waals surface area contributed by atoms with Gasteiger partial charge in [-0.05, 0) is 31.2 Å². The minimum Gasteiger partial charge on any atom is -0.490 e. The van der Waals surface area contributed by atoms with Crippen molar-refractivity contribution in [2.75, 3.05) is 24.3 Å². The lowest BCUT2D eigenvalue weighted by Gasteiger charge is -2.12. The number of amides is 1. The van der Waals surface area contributed by atoms with E-state index in [1.807, 2.05) is 35.8 Å². The Morgan fingerprint density at radius 3 is 2.55 bits per heavy atom. The Morgan fingerprint density at radius 1 is 1.13 bits per heavy atom. The summed E-state index contributed by atoms with van der Waals surface area (Å²) in [4.78, 5) is 12.6. The molecule has 0 unspecified atom stereocenters. The van der Waals surface area contributed by atoms with E-state index in [-0.39, 0.29) is 11.7 Å². The molecule has 0 radical (unpaired) electrons. The van der Waals surface area contributed by atoms with Gasteiger partial charge >= 0.3 is 0 Å². The Hall–Kier alpha value is -2.42. The molecular weight excluding hydrogens is 459 g/mol. The molecule has 0 fully saturated rings. The summed E-state index contributed by atoms with van der Waals surface area (Å²) >= 11 is 13.6. The number of fused-ring (bicyclic) bond motifs is 1. The van der Waals surface area contributed by atoms with Crippen LogP contribution in [-0.4, -0.2) is 39.6 Å². The molecule has 1 N–H and O–H groups in total. The van der Waals surface area contributed by atoms with Gasteiger partial charge in [-0.15, -0.1) is 10.2 Å². The molecule has 0 saturated heterocycles. The zero-order chi connectivity index (χ0) is 21.8. The van der Waals surface area contributed by atoms with Crippen LogP contribution in [-0.2, 0) is 11.3 Å². The number of benzene rings is 2. The molecule has 2 aromatic carbocycles. The van der Waals surface area contributed by atoms with E-state index in [0.29, 0.717) is 52.1 Å². The number of nitrogens with one attached hydrogen (secondary N) is 1. The van der Waals surface area contributed by atoms with Gasteiger partial charge in [0.05, 0.1) is 29.7 Å². The van der Waals surface area contributed by atoms with Crippen LogP contribution in [0.15, 0.2) is 41.6 Å². The number of aromatic nitrogens is 3. The first-order valence-corrected chi connectivity index (χ1v) is 11.5. The summed E-state index contributed by atoms with van der Waals surface area (Å²) in [7, 11) is 0. The van der Waals surface area contributed by atoms with E-state index >= 15 is 0 Å². The van der Waals surface area contributed by atoms with Crippen LogP contribution < -0.4 is 14.8 Å². The number of carbonyl (C=O) groups is 1. The van der Waals surface area contributed by atoms with Crippen molar-refractivity contribution >= 4 is 46.6 Å². The fraction of sp³-hybridized carbons (Fsp3) is 0.286. The summed E-state index contributed by atoms with van der Waals surface area (Å²) in [6, 6.07) is 10.8. The second-order valence-corrected chi connectivity index (χ2v) is 8.51. The third kappa shape index (κ3) is 5.08. The molecule has 0 bridgehead atoms. The number of halogens is 2. The van der Waals surface area contributed by atoms with Crippen LogP contribution in [0.5, 0.6) is 11.5 Å². The zero-order valence-corrected chi connectivity index (χ0v) is 19.1. The Balaban J connectivity index is 1.44. The largest absolute Gasteiger partial charge is 0.490 e. The van der Waals surface area contributed by atoms with Crippen molar-refractivity contribution in [3.8, 4) is 22.9 Å². The van der Waals surface area contributed by atoms with Gasteiger partial charge in [0.15, 0.2) is 22.5 Å². The second-order valence-electron chi connectivity index (χ2n) is 6.72. The Labute approximate surface area is 194 Å². The smallest absolute Gasteiger partial charge is 0.234 e. The van der Waals surface area contributed by atoms with E-state index in [2.05, 4.69) is 15.5 Å². The fourth-order valence-electron chi connectivity index (χ4n) is 3.09. The lowest BCUT2D eigenvalue weighted by atomic mass is 10.2. The topological polar surface area (TPSA) is 78.3 Å². The highest BCUT2D eigenvalue weighted by molar-refractivity contribution is 7.99. The number of anilines is 1. The van der Waals surface area contributed by atoms with Gasteiger partial charge in [-0.25, -0.2) is 0 Å². The van der Waals surface area contributed by atoms with Crippen molar-refractivity contribution in [2.24, 2.45) is 0 Å². The molecule has 0 aliphatic carbocycles. The van der Waals surface area contributed by atoms with Crippen molar-refractivity contribution in [1.82, 2.24) is 14.8 Å². The average molecular weight is 479 g/mol. The highest BCUT2D eigenvalue weighted by Crippen LogP contribution is 2.37. The van der Waals surface area contributed by atoms with Crippen LogP contribution in [0.2, 0.25) is 10.0 Å². The first kappa shape index (κ1) is 21.8. The molecule has 1 amide bonds. The van der Waals surface area contributed by atoms with Crippen LogP contribution in [0.3, 0.4) is 0 Å². The minimum atomic E-state index is -0.208. The maximum atomic E-state index is 12.6. The van der Waals surface area contributed by atoms with E-state index in [4.69, 9.17) is 32.7 Å². The normalized spacial score (nSPS) is 13.0. The number of nitrogens with zero attached hydrogens (tertiary/aromatic N) is 3. The molecule has 10 heteroatoms. The quantitative estimate of drug-likeness (QED) is 0.492. The monoisotopic (exact) mass is 478 g/mol. The first-order chi connectivity index (χ1) is 15.0. The van der Waals surface area contributed by atoms with E-state index < -0.39 is 0 Å². The van der Waals surface area contributed by atoms with Gasteiger partial charge in [0.2, 0.25) is 5.91 Å². The summed E-state index contributed by atoms with van der Waals surface area (Å²) in [5.41, 5.74) is 1.39. The molecule has 7 nitrogen and oxygen atoms in total. The average Bonchev–Trinajstić information content (AvgIpc) is 3.04. The number of rotatable bonds is 6. The second kappa shape index (κ2) is 9.80. The number of hydrogen-bond acceptors (Lipinski definition) is 6. The van der Waals surface area contributed by atoms with Crippen molar-refractivity contribution in [2.45, 2.75) is 25.0 Å². The molecular formula is C21H20Cl2N4O3S. The highest BCUT2D eigenvalue weighted by atomic mass is 35.5. The van der Waals surface area contributed by atoms with E-state index in [1.165, 1.54) is 11.8 Å². The van der Waals surface area contributed by atoms with Crippen LogP contribution in [0, 0.1) is 0 Å². The van der Waals surface area contributed by atoms with E-state index in [0.717, 1.165) is 17.8 Å². The van der Waals surface area contributed by atoms with Gasteiger partial charge in [-0.2, -0.15) is 0 Å². The van der Waals surface area contributed by atoms with Crippen LogP contribution in [0.4, 0.5) is 5.69 Å². The van der Waals surface area contributed by atoms with Gasteiger partial charge in [0.25, 0.3) is 0 Å².